The summed E-state index contributed by atoms with van der Waals surface area (Å²) in [5, 5.41) is 0. The van der Waals surface area contributed by atoms with Gasteiger partial charge >= 0.3 is 12.3 Å². The number of nitrogens with zero attached hydrogens (tertiary/aromatic N) is 2. The predicted molar refractivity (Wildman–Crippen MR) is 113 cm³/mol. The normalized spacial score (nSPS) is 35.3. The number of hydrogen-bond acceptors (Lipinski definition) is 5. The van der Waals surface area contributed by atoms with Crippen molar-refractivity contribution in [3.63, 3.8) is 0 Å². The van der Waals surface area contributed by atoms with Crippen LogP contribution in [0.5, 0.6) is 5.75 Å². The first-order valence-electron chi connectivity index (χ1n) is 11.8. The minimum atomic E-state index is -4.45. The Labute approximate surface area is 191 Å². The van der Waals surface area contributed by atoms with E-state index >= 15 is 0 Å². The summed E-state index contributed by atoms with van der Waals surface area (Å²) in [6.07, 6.45) is 2.66. The van der Waals surface area contributed by atoms with Gasteiger partial charge in [0.05, 0.1) is 24.0 Å². The van der Waals surface area contributed by atoms with E-state index in [0.717, 1.165) is 57.2 Å². The molecule has 0 radical (unpaired) electrons. The highest BCUT2D eigenvalue weighted by atomic mass is 19.4. The van der Waals surface area contributed by atoms with Gasteiger partial charge in [-0.15, -0.1) is 0 Å². The molecule has 1 saturated heterocycles. The molecule has 182 valence electrons. The third-order valence-electron chi connectivity index (χ3n) is 7.51. The van der Waals surface area contributed by atoms with Crippen molar-refractivity contribution < 1.29 is 32.2 Å². The first kappa shape index (κ1) is 22.7. The molecule has 4 aliphatic rings. The SMILES string of the molecule is CC(C)(C)OC(=O)N1C2CC3C1CC3(OC1CCC(Oc3ccc(C(F)(F)F)nc3)CC1)C2. The molecule has 1 aromatic heterocycles. The van der Waals surface area contributed by atoms with Crippen molar-refractivity contribution in [2.75, 3.05) is 0 Å². The van der Waals surface area contributed by atoms with E-state index < -0.39 is 17.5 Å². The van der Waals surface area contributed by atoms with Crippen LogP contribution in [0.25, 0.3) is 0 Å². The van der Waals surface area contributed by atoms with Gasteiger partial charge in [0.2, 0.25) is 0 Å². The number of halogens is 3. The summed E-state index contributed by atoms with van der Waals surface area (Å²) >= 11 is 0. The number of ether oxygens (including phenoxy) is 3. The monoisotopic (exact) mass is 468 g/mol. The predicted octanol–water partition coefficient (Wildman–Crippen LogP) is 5.35. The molecule has 2 heterocycles. The van der Waals surface area contributed by atoms with Gasteiger partial charge in [-0.05, 0) is 77.8 Å². The Bertz CT molecular complexity index is 890. The first-order chi connectivity index (χ1) is 15.4. The molecule has 3 saturated carbocycles. The van der Waals surface area contributed by atoms with Gasteiger partial charge in [0.25, 0.3) is 0 Å². The molecule has 1 aliphatic heterocycles. The van der Waals surface area contributed by atoms with Crippen LogP contribution in [0.2, 0.25) is 0 Å². The average molecular weight is 469 g/mol. The van der Waals surface area contributed by atoms with E-state index in [0.29, 0.717) is 11.7 Å². The lowest BCUT2D eigenvalue weighted by atomic mass is 9.65. The van der Waals surface area contributed by atoms with Crippen LogP contribution in [-0.4, -0.2) is 51.5 Å². The van der Waals surface area contributed by atoms with Crippen LogP contribution in [0.15, 0.2) is 18.3 Å². The van der Waals surface area contributed by atoms with Crippen LogP contribution in [0, 0.1) is 5.92 Å². The number of likely N-dealkylation sites (tertiary alicyclic amines) is 1. The van der Waals surface area contributed by atoms with Gasteiger partial charge < -0.3 is 19.1 Å². The molecule has 2 bridgehead atoms. The van der Waals surface area contributed by atoms with Gasteiger partial charge in [-0.1, -0.05) is 0 Å². The van der Waals surface area contributed by atoms with Gasteiger partial charge in [-0.25, -0.2) is 9.78 Å². The number of aromatic nitrogens is 1. The number of pyridine rings is 1. The molecule has 0 spiro atoms. The maximum absolute atomic E-state index is 12.7. The molecule has 6 nitrogen and oxygen atoms in total. The summed E-state index contributed by atoms with van der Waals surface area (Å²) in [4.78, 5) is 18.0. The van der Waals surface area contributed by atoms with Crippen LogP contribution in [0.3, 0.4) is 0 Å². The summed E-state index contributed by atoms with van der Waals surface area (Å²) in [7, 11) is 0. The van der Waals surface area contributed by atoms with Gasteiger partial charge in [0.1, 0.15) is 17.0 Å². The molecule has 4 fully saturated rings. The molecule has 5 rings (SSSR count). The second kappa shape index (κ2) is 7.75. The highest BCUT2D eigenvalue weighted by molar-refractivity contribution is 5.70. The largest absolute Gasteiger partial charge is 0.489 e. The minimum absolute atomic E-state index is 0.0438. The molecule has 4 atom stereocenters. The molecule has 4 unspecified atom stereocenters. The standard InChI is InChI=1S/C24H31F3N2O4/c1-22(2,3)33-21(30)29-14-10-18-19(29)12-23(18,11-14)32-16-6-4-15(5-7-16)31-17-8-9-20(28-13-17)24(25,26)27/h8-9,13-16,18-19H,4-7,10-12H2,1-3H3. The second-order valence-electron chi connectivity index (χ2n) is 10.9. The van der Waals surface area contributed by atoms with E-state index in [9.17, 15) is 18.0 Å². The molecule has 1 amide bonds. The van der Waals surface area contributed by atoms with Gasteiger partial charge in [-0.2, -0.15) is 13.2 Å². The Balaban J connectivity index is 1.10. The number of rotatable bonds is 4. The van der Waals surface area contributed by atoms with Crippen molar-refractivity contribution in [3.05, 3.63) is 24.0 Å². The third kappa shape index (κ3) is 4.29. The fraction of sp³-hybridized carbons (Fsp3) is 0.750. The fourth-order valence-corrected chi connectivity index (χ4v) is 6.19. The maximum Gasteiger partial charge on any atom is 0.433 e. The topological polar surface area (TPSA) is 60.9 Å². The number of hydrogen-bond donors (Lipinski definition) is 0. The quantitative estimate of drug-likeness (QED) is 0.596. The number of amides is 1. The average Bonchev–Trinajstić information content (AvgIpc) is 3.15. The Hall–Kier alpha value is -2.03. The van der Waals surface area contributed by atoms with Crippen molar-refractivity contribution in [1.82, 2.24) is 9.88 Å². The lowest BCUT2D eigenvalue weighted by Gasteiger charge is -2.57. The van der Waals surface area contributed by atoms with Crippen molar-refractivity contribution in [2.24, 2.45) is 5.92 Å². The van der Waals surface area contributed by atoms with E-state index in [1.807, 2.05) is 25.7 Å². The van der Waals surface area contributed by atoms with Crippen LogP contribution >= 0.6 is 0 Å². The highest BCUT2D eigenvalue weighted by Crippen LogP contribution is 2.63. The Morgan fingerprint density at radius 2 is 1.79 bits per heavy atom. The Morgan fingerprint density at radius 1 is 1.09 bits per heavy atom. The second-order valence-corrected chi connectivity index (χ2v) is 10.9. The van der Waals surface area contributed by atoms with Crippen LogP contribution in [0.1, 0.15) is 71.4 Å². The van der Waals surface area contributed by atoms with Gasteiger partial charge in [0, 0.05) is 18.0 Å². The van der Waals surface area contributed by atoms with E-state index in [2.05, 4.69) is 4.98 Å². The molecular weight excluding hydrogens is 437 g/mol. The Kier molecular flexibility index (Phi) is 5.34. The van der Waals surface area contributed by atoms with Crippen molar-refractivity contribution >= 4 is 6.09 Å². The number of carbonyl (C=O) groups is 1. The van der Waals surface area contributed by atoms with E-state index in [4.69, 9.17) is 14.2 Å². The summed E-state index contributed by atoms with van der Waals surface area (Å²) in [5.74, 6) is 0.755. The maximum atomic E-state index is 12.7. The lowest BCUT2D eigenvalue weighted by molar-refractivity contribution is -0.216. The smallest absolute Gasteiger partial charge is 0.433 e. The van der Waals surface area contributed by atoms with Crippen molar-refractivity contribution in [1.29, 1.82) is 0 Å². The first-order valence-corrected chi connectivity index (χ1v) is 11.8. The van der Waals surface area contributed by atoms with E-state index in [1.54, 1.807) is 0 Å². The molecule has 9 heteroatoms. The van der Waals surface area contributed by atoms with Crippen LogP contribution in [0.4, 0.5) is 18.0 Å². The number of alkyl halides is 3. The number of carbonyl (C=O) groups excluding carboxylic acids is 1. The van der Waals surface area contributed by atoms with Crippen molar-refractivity contribution in [3.8, 4) is 5.75 Å². The van der Waals surface area contributed by atoms with Gasteiger partial charge in [0.15, 0.2) is 0 Å². The molecule has 0 aromatic carbocycles. The van der Waals surface area contributed by atoms with E-state index in [1.165, 1.54) is 6.07 Å². The summed E-state index contributed by atoms with van der Waals surface area (Å²) in [5.41, 5.74) is -1.52. The van der Waals surface area contributed by atoms with Crippen LogP contribution < -0.4 is 4.74 Å². The molecule has 3 aliphatic carbocycles. The third-order valence-corrected chi connectivity index (χ3v) is 7.51. The fourth-order valence-electron chi connectivity index (χ4n) is 6.19. The zero-order chi connectivity index (χ0) is 23.6. The molecule has 0 N–H and O–H groups in total. The summed E-state index contributed by atoms with van der Waals surface area (Å²) < 4.78 is 56.1. The summed E-state index contributed by atoms with van der Waals surface area (Å²) in [6, 6.07) is 2.71. The van der Waals surface area contributed by atoms with Crippen LogP contribution in [-0.2, 0) is 15.7 Å². The zero-order valence-electron chi connectivity index (χ0n) is 19.2. The zero-order valence-corrected chi connectivity index (χ0v) is 19.2. The van der Waals surface area contributed by atoms with Crippen molar-refractivity contribution in [2.45, 2.75) is 107 Å². The lowest BCUT2D eigenvalue weighted by Crippen LogP contribution is -2.67. The highest BCUT2D eigenvalue weighted by Gasteiger charge is 2.70. The number of piperidine rings is 2. The minimum Gasteiger partial charge on any atom is -0.489 e. The number of fused-ring (bicyclic) bond motifs is 1. The van der Waals surface area contributed by atoms with E-state index in [-0.39, 0.29) is 36.0 Å². The Morgan fingerprint density at radius 3 is 2.33 bits per heavy atom. The molecule has 1 aromatic rings. The summed E-state index contributed by atoms with van der Waals surface area (Å²) in [6.45, 7) is 5.67. The molecule has 33 heavy (non-hydrogen) atoms. The molecular formula is C24H31F3N2O4. The van der Waals surface area contributed by atoms with Gasteiger partial charge in [-0.3, -0.25) is 0 Å².